The first kappa shape index (κ1) is 15.0. The van der Waals surface area contributed by atoms with Crippen molar-refractivity contribution in [2.45, 2.75) is 0 Å². The Morgan fingerprint density at radius 1 is 1.32 bits per heavy atom. The van der Waals surface area contributed by atoms with E-state index in [1.165, 1.54) is 19.2 Å². The normalized spacial score (nSPS) is 9.64. The molecule has 0 aliphatic heterocycles. The summed E-state index contributed by atoms with van der Waals surface area (Å²) in [7, 11) is 1.31. The van der Waals surface area contributed by atoms with E-state index < -0.39 is 10.8 Å². The number of nitriles is 1. The van der Waals surface area contributed by atoms with E-state index in [9.17, 15) is 14.9 Å². The number of carbonyl (C=O) groups is 1. The highest BCUT2D eigenvalue weighted by Crippen LogP contribution is 2.28. The van der Waals surface area contributed by atoms with Crippen molar-refractivity contribution in [3.05, 3.63) is 63.7 Å². The van der Waals surface area contributed by atoms with Crippen molar-refractivity contribution in [2.75, 3.05) is 12.4 Å². The number of amides is 1. The van der Waals surface area contributed by atoms with Gasteiger partial charge in [-0.25, -0.2) is 0 Å². The molecule has 0 saturated heterocycles. The zero-order valence-electron chi connectivity index (χ0n) is 11.6. The van der Waals surface area contributed by atoms with Crippen LogP contribution in [0, 0.1) is 21.4 Å². The number of nitro benzene ring substituents is 1. The molecular weight excluding hydrogens is 286 g/mol. The van der Waals surface area contributed by atoms with E-state index in [1.54, 1.807) is 24.3 Å². The van der Waals surface area contributed by atoms with Gasteiger partial charge in [0.15, 0.2) is 5.75 Å². The number of ether oxygens (including phenoxy) is 1. The second-order valence-corrected chi connectivity index (χ2v) is 4.26. The molecular formula is C15H11N3O4. The van der Waals surface area contributed by atoms with Crippen molar-refractivity contribution in [1.82, 2.24) is 0 Å². The molecule has 0 atom stereocenters. The Balaban J connectivity index is 2.32. The molecule has 110 valence electrons. The van der Waals surface area contributed by atoms with Crippen LogP contribution in [0.2, 0.25) is 0 Å². The van der Waals surface area contributed by atoms with Crippen molar-refractivity contribution in [1.29, 1.82) is 5.26 Å². The zero-order chi connectivity index (χ0) is 16.1. The molecule has 0 saturated carbocycles. The standard InChI is InChI=1S/C15H11N3O4/c1-22-14-7-6-10(8-13(14)18(20)21)15(19)17-12-5-3-2-4-11(12)9-16/h2-8H,1H3,(H,17,19). The maximum atomic E-state index is 12.2. The third-order valence-electron chi connectivity index (χ3n) is 2.93. The summed E-state index contributed by atoms with van der Waals surface area (Å²) < 4.78 is 4.88. The summed E-state index contributed by atoms with van der Waals surface area (Å²) in [4.78, 5) is 22.5. The molecule has 0 unspecified atom stereocenters. The highest BCUT2D eigenvalue weighted by atomic mass is 16.6. The number of anilines is 1. The predicted molar refractivity (Wildman–Crippen MR) is 78.8 cm³/mol. The maximum absolute atomic E-state index is 12.2. The average Bonchev–Trinajstić information content (AvgIpc) is 2.54. The Kier molecular flexibility index (Phi) is 4.34. The number of hydrogen-bond donors (Lipinski definition) is 1. The van der Waals surface area contributed by atoms with Gasteiger partial charge in [0.05, 0.1) is 23.3 Å². The molecule has 0 bridgehead atoms. The molecule has 0 fully saturated rings. The van der Waals surface area contributed by atoms with Crippen molar-refractivity contribution in [3.63, 3.8) is 0 Å². The summed E-state index contributed by atoms with van der Waals surface area (Å²) in [6.07, 6.45) is 0. The number of hydrogen-bond acceptors (Lipinski definition) is 5. The summed E-state index contributed by atoms with van der Waals surface area (Å²) in [6.45, 7) is 0. The largest absolute Gasteiger partial charge is 0.490 e. The third-order valence-corrected chi connectivity index (χ3v) is 2.93. The number of methoxy groups -OCH3 is 1. The van der Waals surface area contributed by atoms with Crippen LogP contribution in [-0.2, 0) is 0 Å². The number of nitrogens with zero attached hydrogens (tertiary/aromatic N) is 2. The van der Waals surface area contributed by atoms with E-state index in [4.69, 9.17) is 10.00 Å². The van der Waals surface area contributed by atoms with E-state index in [0.717, 1.165) is 6.07 Å². The summed E-state index contributed by atoms with van der Waals surface area (Å²) in [5.41, 5.74) is 0.441. The topological polar surface area (TPSA) is 105 Å². The maximum Gasteiger partial charge on any atom is 0.311 e. The van der Waals surface area contributed by atoms with Crippen LogP contribution in [-0.4, -0.2) is 17.9 Å². The van der Waals surface area contributed by atoms with Crippen LogP contribution in [0.4, 0.5) is 11.4 Å². The molecule has 0 aliphatic rings. The fourth-order valence-corrected chi connectivity index (χ4v) is 1.86. The third kappa shape index (κ3) is 3.02. The molecule has 2 rings (SSSR count). The lowest BCUT2D eigenvalue weighted by atomic mass is 10.1. The first-order chi connectivity index (χ1) is 10.6. The van der Waals surface area contributed by atoms with Crippen molar-refractivity contribution in [3.8, 4) is 11.8 Å². The molecule has 0 spiro atoms. The van der Waals surface area contributed by atoms with Crippen LogP contribution in [0.15, 0.2) is 42.5 Å². The fraction of sp³-hybridized carbons (Fsp3) is 0.0667. The minimum Gasteiger partial charge on any atom is -0.490 e. The molecule has 0 radical (unpaired) electrons. The fourth-order valence-electron chi connectivity index (χ4n) is 1.86. The molecule has 2 aromatic rings. The van der Waals surface area contributed by atoms with Crippen molar-refractivity contribution < 1.29 is 14.5 Å². The predicted octanol–water partition coefficient (Wildman–Crippen LogP) is 2.73. The smallest absolute Gasteiger partial charge is 0.311 e. The quantitative estimate of drug-likeness (QED) is 0.690. The number of nitro groups is 1. The molecule has 1 N–H and O–H groups in total. The summed E-state index contributed by atoms with van der Waals surface area (Å²) in [6, 6.07) is 12.3. The second kappa shape index (κ2) is 6.37. The monoisotopic (exact) mass is 297 g/mol. The van der Waals surface area contributed by atoms with Gasteiger partial charge in [0.2, 0.25) is 0 Å². The van der Waals surface area contributed by atoms with E-state index in [1.807, 2.05) is 6.07 Å². The van der Waals surface area contributed by atoms with E-state index in [-0.39, 0.29) is 17.0 Å². The number of benzene rings is 2. The highest BCUT2D eigenvalue weighted by molar-refractivity contribution is 6.05. The Hall–Kier alpha value is -3.40. The number of carbonyl (C=O) groups excluding carboxylic acids is 1. The Morgan fingerprint density at radius 3 is 2.68 bits per heavy atom. The van der Waals surface area contributed by atoms with Gasteiger partial charge in [0.1, 0.15) is 6.07 Å². The van der Waals surface area contributed by atoms with Gasteiger partial charge >= 0.3 is 5.69 Å². The SMILES string of the molecule is COc1ccc(C(=O)Nc2ccccc2C#N)cc1[N+](=O)[O-]. The summed E-state index contributed by atoms with van der Waals surface area (Å²) in [5, 5.41) is 22.5. The lowest BCUT2D eigenvalue weighted by Crippen LogP contribution is -2.13. The van der Waals surface area contributed by atoms with Crippen LogP contribution in [0.1, 0.15) is 15.9 Å². The first-order valence-electron chi connectivity index (χ1n) is 6.19. The second-order valence-electron chi connectivity index (χ2n) is 4.26. The van der Waals surface area contributed by atoms with Crippen LogP contribution >= 0.6 is 0 Å². The van der Waals surface area contributed by atoms with Crippen molar-refractivity contribution >= 4 is 17.3 Å². The van der Waals surface area contributed by atoms with Gasteiger partial charge in [-0.3, -0.25) is 14.9 Å². The van der Waals surface area contributed by atoms with Gasteiger partial charge in [0, 0.05) is 11.6 Å². The lowest BCUT2D eigenvalue weighted by molar-refractivity contribution is -0.385. The van der Waals surface area contributed by atoms with Crippen molar-refractivity contribution in [2.24, 2.45) is 0 Å². The molecule has 7 heteroatoms. The molecule has 1 amide bonds. The Bertz CT molecular complexity index is 781. The summed E-state index contributed by atoms with van der Waals surface area (Å²) in [5.74, 6) is -0.479. The number of rotatable bonds is 4. The molecule has 7 nitrogen and oxygen atoms in total. The minimum atomic E-state index is -0.626. The van der Waals surface area contributed by atoms with Crippen LogP contribution in [0.5, 0.6) is 5.75 Å². The minimum absolute atomic E-state index is 0.0685. The zero-order valence-corrected chi connectivity index (χ0v) is 11.6. The van der Waals surface area contributed by atoms with Gasteiger partial charge in [-0.1, -0.05) is 12.1 Å². The first-order valence-corrected chi connectivity index (χ1v) is 6.19. The van der Waals surface area contributed by atoms with Gasteiger partial charge in [-0.15, -0.1) is 0 Å². The van der Waals surface area contributed by atoms with Gasteiger partial charge in [-0.05, 0) is 24.3 Å². The number of nitrogens with one attached hydrogen (secondary N) is 1. The molecule has 0 aromatic heterocycles. The summed E-state index contributed by atoms with van der Waals surface area (Å²) >= 11 is 0. The molecule has 22 heavy (non-hydrogen) atoms. The van der Waals surface area contributed by atoms with Crippen LogP contribution in [0.25, 0.3) is 0 Å². The number of para-hydroxylation sites is 1. The average molecular weight is 297 g/mol. The van der Waals surface area contributed by atoms with Gasteiger partial charge < -0.3 is 10.1 Å². The molecule has 0 heterocycles. The van der Waals surface area contributed by atoms with Crippen LogP contribution in [0.3, 0.4) is 0 Å². The van der Waals surface area contributed by atoms with Gasteiger partial charge in [-0.2, -0.15) is 5.26 Å². The van der Waals surface area contributed by atoms with E-state index in [0.29, 0.717) is 11.3 Å². The van der Waals surface area contributed by atoms with E-state index >= 15 is 0 Å². The molecule has 2 aromatic carbocycles. The Morgan fingerprint density at radius 2 is 2.05 bits per heavy atom. The highest BCUT2D eigenvalue weighted by Gasteiger charge is 2.18. The Labute approximate surface area is 125 Å². The van der Waals surface area contributed by atoms with Crippen LogP contribution < -0.4 is 10.1 Å². The van der Waals surface area contributed by atoms with E-state index in [2.05, 4.69) is 5.32 Å². The lowest BCUT2D eigenvalue weighted by Gasteiger charge is -2.08. The van der Waals surface area contributed by atoms with Gasteiger partial charge in [0.25, 0.3) is 5.91 Å². The molecule has 0 aliphatic carbocycles.